The lowest BCUT2D eigenvalue weighted by Crippen LogP contribution is -1.95. The van der Waals surface area contributed by atoms with Crippen LogP contribution in [-0.2, 0) is 0 Å². The molecule has 0 saturated carbocycles. The van der Waals surface area contributed by atoms with E-state index in [1.807, 2.05) is 42.6 Å². The molecular weight excluding hydrogens is 292 g/mol. The van der Waals surface area contributed by atoms with E-state index in [-0.39, 0.29) is 0 Å². The zero-order valence-electron chi connectivity index (χ0n) is 13.5. The number of nitrogens with zero attached hydrogens (tertiary/aromatic N) is 1. The van der Waals surface area contributed by atoms with Crippen molar-refractivity contribution in [1.82, 2.24) is 4.98 Å². The molecule has 116 valence electrons. The Morgan fingerprint density at radius 3 is 2.25 bits per heavy atom. The second kappa shape index (κ2) is 5.82. The molecule has 4 rings (SSSR count). The first-order chi connectivity index (χ1) is 11.7. The van der Waals surface area contributed by atoms with Gasteiger partial charge in [0.05, 0.1) is 5.69 Å². The van der Waals surface area contributed by atoms with Crippen LogP contribution in [-0.4, -0.2) is 4.98 Å². The van der Waals surface area contributed by atoms with Gasteiger partial charge >= 0.3 is 0 Å². The van der Waals surface area contributed by atoms with E-state index < -0.39 is 0 Å². The molecule has 2 N–H and O–H groups in total. The second-order valence-corrected chi connectivity index (χ2v) is 6.00. The van der Waals surface area contributed by atoms with Gasteiger partial charge in [-0.25, -0.2) is 0 Å². The number of anilines is 1. The number of hydrogen-bond acceptors (Lipinski definition) is 2. The lowest BCUT2D eigenvalue weighted by molar-refractivity contribution is 1.32. The molecule has 0 spiro atoms. The first-order valence-electron chi connectivity index (χ1n) is 8.04. The molecule has 1 aromatic heterocycles. The number of aryl methyl sites for hydroxylation is 1. The van der Waals surface area contributed by atoms with Gasteiger partial charge < -0.3 is 5.73 Å². The fourth-order valence-electron chi connectivity index (χ4n) is 3.18. The molecule has 24 heavy (non-hydrogen) atoms. The van der Waals surface area contributed by atoms with Crippen LogP contribution in [0.2, 0.25) is 0 Å². The standard InChI is InChI=1S/C22H18N2/c1-15-13-20(22(23)19-10-6-5-9-18(15)19)21-14-17(11-12-24-21)16-7-3-2-4-8-16/h2-14H,23H2,1H3. The summed E-state index contributed by atoms with van der Waals surface area (Å²) in [4.78, 5) is 4.56. The minimum absolute atomic E-state index is 0.786. The molecule has 2 nitrogen and oxygen atoms in total. The van der Waals surface area contributed by atoms with Crippen molar-refractivity contribution in [2.75, 3.05) is 5.73 Å². The Morgan fingerprint density at radius 2 is 1.46 bits per heavy atom. The van der Waals surface area contributed by atoms with Gasteiger partial charge in [0.1, 0.15) is 0 Å². The topological polar surface area (TPSA) is 38.9 Å². The summed E-state index contributed by atoms with van der Waals surface area (Å²) in [6.45, 7) is 2.12. The molecule has 3 aromatic carbocycles. The van der Waals surface area contributed by atoms with Crippen LogP contribution < -0.4 is 5.73 Å². The molecule has 0 unspecified atom stereocenters. The Balaban J connectivity index is 1.91. The van der Waals surface area contributed by atoms with E-state index in [1.54, 1.807) is 0 Å². The van der Waals surface area contributed by atoms with Crippen molar-refractivity contribution in [3.05, 3.63) is 84.6 Å². The summed E-state index contributed by atoms with van der Waals surface area (Å²) >= 11 is 0. The van der Waals surface area contributed by atoms with Gasteiger partial charge in [0.2, 0.25) is 0 Å². The summed E-state index contributed by atoms with van der Waals surface area (Å²) in [6.07, 6.45) is 1.85. The Hall–Kier alpha value is -3.13. The number of pyridine rings is 1. The highest BCUT2D eigenvalue weighted by molar-refractivity contribution is 6.02. The van der Waals surface area contributed by atoms with Crippen LogP contribution in [0.15, 0.2) is 79.0 Å². The van der Waals surface area contributed by atoms with E-state index in [2.05, 4.69) is 48.3 Å². The van der Waals surface area contributed by atoms with E-state index in [0.29, 0.717) is 0 Å². The summed E-state index contributed by atoms with van der Waals surface area (Å²) in [7, 11) is 0. The van der Waals surface area contributed by atoms with Gasteiger partial charge in [-0.2, -0.15) is 0 Å². The first-order valence-corrected chi connectivity index (χ1v) is 8.04. The van der Waals surface area contributed by atoms with Gasteiger partial charge in [-0.05, 0) is 47.2 Å². The number of nitrogen functional groups attached to an aromatic ring is 1. The maximum absolute atomic E-state index is 6.47. The Morgan fingerprint density at radius 1 is 0.750 bits per heavy atom. The Bertz CT molecular complexity index is 1020. The predicted octanol–water partition coefficient (Wildman–Crippen LogP) is 5.46. The Kier molecular flexibility index (Phi) is 3.51. The quantitative estimate of drug-likeness (QED) is 0.499. The molecular formula is C22H18N2. The fraction of sp³-hybridized carbons (Fsp3) is 0.0455. The number of fused-ring (bicyclic) bond motifs is 1. The average molecular weight is 310 g/mol. The number of aromatic nitrogens is 1. The smallest absolute Gasteiger partial charge is 0.0729 e. The van der Waals surface area contributed by atoms with Crippen molar-refractivity contribution in [3.8, 4) is 22.4 Å². The first kappa shape index (κ1) is 14.5. The predicted molar refractivity (Wildman–Crippen MR) is 102 cm³/mol. The number of benzene rings is 3. The lowest BCUT2D eigenvalue weighted by Gasteiger charge is -2.12. The van der Waals surface area contributed by atoms with Crippen LogP contribution in [0, 0.1) is 6.92 Å². The molecule has 1 heterocycles. The third-order valence-corrected chi connectivity index (χ3v) is 4.44. The largest absolute Gasteiger partial charge is 0.398 e. The van der Waals surface area contributed by atoms with Gasteiger partial charge in [0, 0.05) is 22.8 Å². The van der Waals surface area contributed by atoms with Crippen LogP contribution in [0.25, 0.3) is 33.2 Å². The van der Waals surface area contributed by atoms with Crippen molar-refractivity contribution in [2.45, 2.75) is 6.92 Å². The monoisotopic (exact) mass is 310 g/mol. The second-order valence-electron chi connectivity index (χ2n) is 6.00. The van der Waals surface area contributed by atoms with Gasteiger partial charge in [-0.15, -0.1) is 0 Å². The van der Waals surface area contributed by atoms with Gasteiger partial charge in [0.25, 0.3) is 0 Å². The van der Waals surface area contributed by atoms with E-state index >= 15 is 0 Å². The fourth-order valence-corrected chi connectivity index (χ4v) is 3.18. The van der Waals surface area contributed by atoms with Gasteiger partial charge in [-0.3, -0.25) is 4.98 Å². The van der Waals surface area contributed by atoms with Crippen molar-refractivity contribution >= 4 is 16.5 Å². The zero-order valence-corrected chi connectivity index (χ0v) is 13.5. The van der Waals surface area contributed by atoms with E-state index in [4.69, 9.17) is 5.73 Å². The molecule has 4 aromatic rings. The number of nitrogens with two attached hydrogens (primary N) is 1. The van der Waals surface area contributed by atoms with Crippen LogP contribution in [0.3, 0.4) is 0 Å². The molecule has 0 bridgehead atoms. The van der Waals surface area contributed by atoms with Crippen molar-refractivity contribution < 1.29 is 0 Å². The molecule has 0 amide bonds. The number of hydrogen-bond donors (Lipinski definition) is 1. The zero-order chi connectivity index (χ0) is 16.5. The summed E-state index contributed by atoms with van der Waals surface area (Å²) in [5.74, 6) is 0. The summed E-state index contributed by atoms with van der Waals surface area (Å²) in [5.41, 5.74) is 12.7. The minimum atomic E-state index is 0.786. The highest BCUT2D eigenvalue weighted by Gasteiger charge is 2.11. The summed E-state index contributed by atoms with van der Waals surface area (Å²) in [5, 5.41) is 2.28. The van der Waals surface area contributed by atoms with Crippen LogP contribution in [0.1, 0.15) is 5.56 Å². The van der Waals surface area contributed by atoms with E-state index in [0.717, 1.165) is 27.9 Å². The number of rotatable bonds is 2. The van der Waals surface area contributed by atoms with Crippen LogP contribution >= 0.6 is 0 Å². The summed E-state index contributed by atoms with van der Waals surface area (Å²) < 4.78 is 0. The maximum Gasteiger partial charge on any atom is 0.0729 e. The van der Waals surface area contributed by atoms with Crippen LogP contribution in [0.5, 0.6) is 0 Å². The highest BCUT2D eigenvalue weighted by atomic mass is 14.7. The third-order valence-electron chi connectivity index (χ3n) is 4.44. The minimum Gasteiger partial charge on any atom is -0.398 e. The normalized spacial score (nSPS) is 10.9. The van der Waals surface area contributed by atoms with Crippen molar-refractivity contribution in [1.29, 1.82) is 0 Å². The molecule has 0 saturated heterocycles. The highest BCUT2D eigenvalue weighted by Crippen LogP contribution is 2.35. The Labute approximate surface area is 141 Å². The summed E-state index contributed by atoms with van der Waals surface area (Å²) in [6, 6.07) is 24.8. The van der Waals surface area contributed by atoms with E-state index in [1.165, 1.54) is 16.5 Å². The third kappa shape index (κ3) is 2.42. The van der Waals surface area contributed by atoms with E-state index in [9.17, 15) is 0 Å². The molecule has 0 radical (unpaired) electrons. The SMILES string of the molecule is Cc1cc(-c2cc(-c3ccccc3)ccn2)c(N)c2ccccc12. The van der Waals surface area contributed by atoms with Crippen molar-refractivity contribution in [3.63, 3.8) is 0 Å². The lowest BCUT2D eigenvalue weighted by atomic mass is 9.96. The van der Waals surface area contributed by atoms with Gasteiger partial charge in [-0.1, -0.05) is 54.6 Å². The molecule has 0 aliphatic heterocycles. The molecule has 0 fully saturated rings. The molecule has 2 heteroatoms. The van der Waals surface area contributed by atoms with Crippen LogP contribution in [0.4, 0.5) is 5.69 Å². The maximum atomic E-state index is 6.47. The molecule has 0 atom stereocenters. The molecule has 0 aliphatic rings. The van der Waals surface area contributed by atoms with Gasteiger partial charge in [0.15, 0.2) is 0 Å². The van der Waals surface area contributed by atoms with Crippen molar-refractivity contribution in [2.24, 2.45) is 0 Å². The average Bonchev–Trinajstić information content (AvgIpc) is 2.65. The molecule has 0 aliphatic carbocycles.